The fraction of sp³-hybridized carbons (Fsp3) is 0.333. The summed E-state index contributed by atoms with van der Waals surface area (Å²) >= 11 is 1.52. The van der Waals surface area contributed by atoms with Gasteiger partial charge in [0, 0.05) is 12.6 Å². The van der Waals surface area contributed by atoms with E-state index >= 15 is 0 Å². The zero-order valence-corrected chi connectivity index (χ0v) is 13.3. The number of nitrogens with one attached hydrogen (secondary N) is 2. The van der Waals surface area contributed by atoms with Gasteiger partial charge in [-0.25, -0.2) is 9.97 Å². The fourth-order valence-corrected chi connectivity index (χ4v) is 2.19. The molecule has 1 aromatic carbocycles. The summed E-state index contributed by atoms with van der Waals surface area (Å²) in [5, 5.41) is 7.30. The van der Waals surface area contributed by atoms with E-state index in [1.54, 1.807) is 7.11 Å². The van der Waals surface area contributed by atoms with Gasteiger partial charge in [-0.05, 0) is 24.8 Å². The Hall–Kier alpha value is -1.95. The second-order valence-electron chi connectivity index (χ2n) is 4.38. The van der Waals surface area contributed by atoms with Crippen LogP contribution in [0.5, 0.6) is 5.75 Å². The van der Waals surface area contributed by atoms with E-state index in [0.29, 0.717) is 0 Å². The van der Waals surface area contributed by atoms with Crippen LogP contribution in [0.25, 0.3) is 0 Å². The molecule has 1 aromatic heterocycles. The number of para-hydroxylation sites is 2. The van der Waals surface area contributed by atoms with E-state index in [0.717, 1.165) is 41.2 Å². The molecule has 0 saturated carbocycles. The monoisotopic (exact) mass is 304 g/mol. The number of nitrogens with zero attached hydrogens (tertiary/aromatic N) is 2. The standard InChI is InChI=1S/C15H20N4OS/c1-4-9-16-13-10-14(19-15(18-13)21-3)17-11-7-5-6-8-12(11)20-2/h5-8,10H,4,9H2,1-3H3,(H2,16,17,18,19). The van der Waals surface area contributed by atoms with Crippen LogP contribution >= 0.6 is 11.8 Å². The van der Waals surface area contributed by atoms with Crippen molar-refractivity contribution in [1.82, 2.24) is 9.97 Å². The average molecular weight is 304 g/mol. The second-order valence-corrected chi connectivity index (χ2v) is 5.15. The largest absolute Gasteiger partial charge is 0.495 e. The Morgan fingerprint density at radius 3 is 2.67 bits per heavy atom. The van der Waals surface area contributed by atoms with Gasteiger partial charge in [0.15, 0.2) is 5.16 Å². The predicted molar refractivity (Wildman–Crippen MR) is 88.9 cm³/mol. The van der Waals surface area contributed by atoms with Crippen molar-refractivity contribution >= 4 is 29.1 Å². The quantitative estimate of drug-likeness (QED) is 0.600. The average Bonchev–Trinajstić information content (AvgIpc) is 2.53. The summed E-state index contributed by atoms with van der Waals surface area (Å²) < 4.78 is 5.34. The Labute approximate surface area is 129 Å². The summed E-state index contributed by atoms with van der Waals surface area (Å²) in [5.41, 5.74) is 0.882. The molecule has 0 spiro atoms. The van der Waals surface area contributed by atoms with E-state index in [1.807, 2.05) is 36.6 Å². The number of rotatable bonds is 7. The number of thioether (sulfide) groups is 1. The highest BCUT2D eigenvalue weighted by atomic mass is 32.2. The van der Waals surface area contributed by atoms with Crippen molar-refractivity contribution in [3.8, 4) is 5.75 Å². The maximum atomic E-state index is 5.34. The molecule has 0 bridgehead atoms. The van der Waals surface area contributed by atoms with Gasteiger partial charge in [0.1, 0.15) is 17.4 Å². The highest BCUT2D eigenvalue weighted by molar-refractivity contribution is 7.98. The van der Waals surface area contributed by atoms with Crippen LogP contribution in [-0.4, -0.2) is 29.9 Å². The van der Waals surface area contributed by atoms with Gasteiger partial charge < -0.3 is 15.4 Å². The number of methoxy groups -OCH3 is 1. The molecule has 0 radical (unpaired) electrons. The first kappa shape index (κ1) is 15.4. The van der Waals surface area contributed by atoms with Crippen molar-refractivity contribution in [3.05, 3.63) is 30.3 Å². The molecule has 6 heteroatoms. The normalized spacial score (nSPS) is 10.2. The minimum Gasteiger partial charge on any atom is -0.495 e. The summed E-state index contributed by atoms with van der Waals surface area (Å²) in [5.74, 6) is 2.36. The van der Waals surface area contributed by atoms with Gasteiger partial charge >= 0.3 is 0 Å². The molecule has 2 rings (SSSR count). The molecule has 0 amide bonds. The van der Waals surface area contributed by atoms with Crippen LogP contribution in [-0.2, 0) is 0 Å². The molecular formula is C15H20N4OS. The van der Waals surface area contributed by atoms with E-state index in [-0.39, 0.29) is 0 Å². The van der Waals surface area contributed by atoms with Gasteiger partial charge in [-0.15, -0.1) is 0 Å². The predicted octanol–water partition coefficient (Wildman–Crippen LogP) is 3.77. The van der Waals surface area contributed by atoms with Crippen molar-refractivity contribution < 1.29 is 4.74 Å². The lowest BCUT2D eigenvalue weighted by atomic mass is 10.3. The van der Waals surface area contributed by atoms with Gasteiger partial charge in [0.05, 0.1) is 12.8 Å². The Bertz CT molecular complexity index is 592. The number of hydrogen-bond acceptors (Lipinski definition) is 6. The minimum atomic E-state index is 0.730. The molecule has 0 aliphatic rings. The molecule has 0 unspecified atom stereocenters. The Balaban J connectivity index is 2.25. The first-order chi connectivity index (χ1) is 10.3. The van der Waals surface area contributed by atoms with Crippen molar-refractivity contribution in [2.45, 2.75) is 18.5 Å². The molecule has 112 valence electrons. The number of benzene rings is 1. The maximum absolute atomic E-state index is 5.34. The molecule has 0 aliphatic heterocycles. The number of aromatic nitrogens is 2. The summed E-state index contributed by atoms with van der Waals surface area (Å²) in [6.45, 7) is 3.01. The zero-order valence-electron chi connectivity index (χ0n) is 12.5. The molecule has 2 N–H and O–H groups in total. The molecule has 21 heavy (non-hydrogen) atoms. The second kappa shape index (κ2) is 7.73. The SMILES string of the molecule is CCCNc1cc(Nc2ccccc2OC)nc(SC)n1. The van der Waals surface area contributed by atoms with Crippen LogP contribution in [0.15, 0.2) is 35.5 Å². The number of anilines is 3. The molecule has 0 saturated heterocycles. The first-order valence-electron chi connectivity index (χ1n) is 6.83. The van der Waals surface area contributed by atoms with Gasteiger partial charge in [-0.1, -0.05) is 30.8 Å². The van der Waals surface area contributed by atoms with E-state index in [1.165, 1.54) is 11.8 Å². The van der Waals surface area contributed by atoms with Crippen LogP contribution in [0.2, 0.25) is 0 Å². The lowest BCUT2D eigenvalue weighted by molar-refractivity contribution is 0.417. The van der Waals surface area contributed by atoms with Gasteiger partial charge in [-0.2, -0.15) is 0 Å². The first-order valence-corrected chi connectivity index (χ1v) is 8.06. The molecule has 5 nitrogen and oxygen atoms in total. The molecule has 0 fully saturated rings. The molecule has 0 aliphatic carbocycles. The Kier molecular flexibility index (Phi) is 5.68. The van der Waals surface area contributed by atoms with Crippen molar-refractivity contribution in [2.24, 2.45) is 0 Å². The summed E-state index contributed by atoms with van der Waals surface area (Å²) in [4.78, 5) is 8.92. The van der Waals surface area contributed by atoms with Crippen LogP contribution in [0.3, 0.4) is 0 Å². The number of hydrogen-bond donors (Lipinski definition) is 2. The van der Waals surface area contributed by atoms with Crippen LogP contribution in [0.1, 0.15) is 13.3 Å². The molecule has 1 heterocycles. The molecule has 0 atom stereocenters. The van der Waals surface area contributed by atoms with E-state index in [2.05, 4.69) is 27.5 Å². The topological polar surface area (TPSA) is 59.1 Å². The smallest absolute Gasteiger partial charge is 0.191 e. The minimum absolute atomic E-state index is 0.730. The highest BCUT2D eigenvalue weighted by Gasteiger charge is 2.07. The third-order valence-corrected chi connectivity index (χ3v) is 3.36. The lowest BCUT2D eigenvalue weighted by Gasteiger charge is -2.12. The van der Waals surface area contributed by atoms with Gasteiger partial charge in [0.2, 0.25) is 0 Å². The van der Waals surface area contributed by atoms with Crippen molar-refractivity contribution in [3.63, 3.8) is 0 Å². The van der Waals surface area contributed by atoms with Crippen molar-refractivity contribution in [1.29, 1.82) is 0 Å². The van der Waals surface area contributed by atoms with E-state index in [9.17, 15) is 0 Å². The third-order valence-electron chi connectivity index (χ3n) is 2.81. The van der Waals surface area contributed by atoms with E-state index in [4.69, 9.17) is 4.74 Å². The summed E-state index contributed by atoms with van der Waals surface area (Å²) in [6.07, 6.45) is 3.01. The summed E-state index contributed by atoms with van der Waals surface area (Å²) in [7, 11) is 1.65. The van der Waals surface area contributed by atoms with Gasteiger partial charge in [-0.3, -0.25) is 0 Å². The van der Waals surface area contributed by atoms with Crippen LogP contribution < -0.4 is 15.4 Å². The highest BCUT2D eigenvalue weighted by Crippen LogP contribution is 2.27. The van der Waals surface area contributed by atoms with Crippen LogP contribution in [0, 0.1) is 0 Å². The number of ether oxygens (including phenoxy) is 1. The molecular weight excluding hydrogens is 284 g/mol. The maximum Gasteiger partial charge on any atom is 0.191 e. The Morgan fingerprint density at radius 2 is 1.95 bits per heavy atom. The zero-order chi connectivity index (χ0) is 15.1. The molecule has 2 aromatic rings. The Morgan fingerprint density at radius 1 is 1.19 bits per heavy atom. The third kappa shape index (κ3) is 4.26. The van der Waals surface area contributed by atoms with Crippen molar-refractivity contribution in [2.75, 3.05) is 30.5 Å². The van der Waals surface area contributed by atoms with Gasteiger partial charge in [0.25, 0.3) is 0 Å². The lowest BCUT2D eigenvalue weighted by Crippen LogP contribution is -2.05. The fourth-order valence-electron chi connectivity index (χ4n) is 1.81. The van der Waals surface area contributed by atoms with E-state index < -0.39 is 0 Å². The summed E-state index contributed by atoms with van der Waals surface area (Å²) in [6, 6.07) is 9.67. The van der Waals surface area contributed by atoms with Crippen LogP contribution in [0.4, 0.5) is 17.3 Å².